The van der Waals surface area contributed by atoms with Crippen molar-refractivity contribution in [2.45, 2.75) is 31.7 Å². The minimum absolute atomic E-state index is 0.141. The summed E-state index contributed by atoms with van der Waals surface area (Å²) in [5.74, 6) is -0.539. The number of nitrogens with one attached hydrogen (secondary N) is 2. The SMILES string of the molecule is CN1CCc2ccc(NC(=O)C(C)(Cc3ccc(O)cc3)NC(=O)c3ccc(Cl)s3)cc2CC1. The molecule has 6 nitrogen and oxygen atoms in total. The Kier molecular flexibility index (Phi) is 7.26. The van der Waals surface area contributed by atoms with E-state index in [-0.39, 0.29) is 24.0 Å². The van der Waals surface area contributed by atoms with Crippen LogP contribution in [0.15, 0.2) is 54.6 Å². The molecule has 1 aromatic heterocycles. The predicted octanol–water partition coefficient (Wildman–Crippen LogP) is 4.51. The number of benzene rings is 2. The highest BCUT2D eigenvalue weighted by molar-refractivity contribution is 7.18. The van der Waals surface area contributed by atoms with Crippen molar-refractivity contribution in [3.63, 3.8) is 0 Å². The predicted molar refractivity (Wildman–Crippen MR) is 137 cm³/mol. The molecule has 3 N–H and O–H groups in total. The molecule has 0 radical (unpaired) electrons. The largest absolute Gasteiger partial charge is 0.508 e. The lowest BCUT2D eigenvalue weighted by Gasteiger charge is -2.30. The lowest BCUT2D eigenvalue weighted by molar-refractivity contribution is -0.121. The van der Waals surface area contributed by atoms with E-state index in [4.69, 9.17) is 11.6 Å². The number of hydrogen-bond donors (Lipinski definition) is 3. The number of amides is 2. The molecule has 34 heavy (non-hydrogen) atoms. The number of phenols is 1. The number of likely N-dealkylation sites (N-methyl/N-ethyl adjacent to an activating group) is 1. The number of nitrogens with zero attached hydrogens (tertiary/aromatic N) is 1. The van der Waals surface area contributed by atoms with Crippen LogP contribution >= 0.6 is 22.9 Å². The number of halogens is 1. The van der Waals surface area contributed by atoms with Crippen LogP contribution in [-0.4, -0.2) is 47.5 Å². The summed E-state index contributed by atoms with van der Waals surface area (Å²) < 4.78 is 0.505. The molecule has 0 saturated carbocycles. The molecule has 1 aliphatic rings. The van der Waals surface area contributed by atoms with Crippen molar-refractivity contribution >= 4 is 40.4 Å². The summed E-state index contributed by atoms with van der Waals surface area (Å²) in [4.78, 5) is 29.3. The summed E-state index contributed by atoms with van der Waals surface area (Å²) in [5, 5.41) is 15.6. The number of anilines is 1. The monoisotopic (exact) mass is 497 g/mol. The van der Waals surface area contributed by atoms with Crippen molar-refractivity contribution in [3.05, 3.63) is 80.5 Å². The molecule has 2 heterocycles. The second kappa shape index (κ2) is 10.2. The number of carbonyl (C=O) groups is 2. The third-order valence-electron chi connectivity index (χ3n) is 6.17. The van der Waals surface area contributed by atoms with Crippen LogP contribution < -0.4 is 10.6 Å². The van der Waals surface area contributed by atoms with E-state index in [0.29, 0.717) is 14.9 Å². The van der Waals surface area contributed by atoms with Gasteiger partial charge in [-0.3, -0.25) is 9.59 Å². The summed E-state index contributed by atoms with van der Waals surface area (Å²) in [6.07, 6.45) is 2.16. The average molecular weight is 498 g/mol. The van der Waals surface area contributed by atoms with Crippen molar-refractivity contribution < 1.29 is 14.7 Å². The van der Waals surface area contributed by atoms with Crippen LogP contribution in [0.4, 0.5) is 5.69 Å². The van der Waals surface area contributed by atoms with E-state index >= 15 is 0 Å². The van der Waals surface area contributed by atoms with Gasteiger partial charge in [0.15, 0.2) is 0 Å². The lowest BCUT2D eigenvalue weighted by atomic mass is 9.91. The topological polar surface area (TPSA) is 81.7 Å². The van der Waals surface area contributed by atoms with E-state index < -0.39 is 5.54 Å². The number of hydrogen-bond acceptors (Lipinski definition) is 5. The second-order valence-electron chi connectivity index (χ2n) is 8.97. The molecule has 0 bridgehead atoms. The Balaban J connectivity index is 1.58. The number of carbonyl (C=O) groups excluding carboxylic acids is 2. The van der Waals surface area contributed by atoms with Crippen molar-refractivity contribution in [1.82, 2.24) is 10.2 Å². The van der Waals surface area contributed by atoms with Crippen LogP contribution in [0.25, 0.3) is 0 Å². The minimum atomic E-state index is -1.24. The lowest BCUT2D eigenvalue weighted by Crippen LogP contribution is -2.56. The molecular formula is C26H28ClN3O3S. The van der Waals surface area contributed by atoms with E-state index in [9.17, 15) is 14.7 Å². The molecule has 0 saturated heterocycles. The highest BCUT2D eigenvalue weighted by atomic mass is 35.5. The maximum absolute atomic E-state index is 13.6. The van der Waals surface area contributed by atoms with Gasteiger partial charge in [0, 0.05) is 25.2 Å². The quantitative estimate of drug-likeness (QED) is 0.468. The summed E-state index contributed by atoms with van der Waals surface area (Å²) in [7, 11) is 2.12. The molecule has 3 aromatic rings. The van der Waals surface area contributed by atoms with Crippen LogP contribution in [0.5, 0.6) is 5.75 Å². The molecule has 4 rings (SSSR count). The Hall–Kier alpha value is -2.87. The molecule has 2 aromatic carbocycles. The maximum atomic E-state index is 13.6. The van der Waals surface area contributed by atoms with Gasteiger partial charge in [-0.1, -0.05) is 29.8 Å². The zero-order valence-electron chi connectivity index (χ0n) is 19.2. The van der Waals surface area contributed by atoms with Gasteiger partial charge < -0.3 is 20.6 Å². The van der Waals surface area contributed by atoms with Crippen LogP contribution in [-0.2, 0) is 24.1 Å². The maximum Gasteiger partial charge on any atom is 0.262 e. The first-order chi connectivity index (χ1) is 16.2. The molecular weight excluding hydrogens is 470 g/mol. The van der Waals surface area contributed by atoms with Crippen molar-refractivity contribution in [2.24, 2.45) is 0 Å². The number of phenolic OH excluding ortho intramolecular Hbond substituents is 1. The first-order valence-corrected chi connectivity index (χ1v) is 12.4. The molecule has 1 atom stereocenters. The third kappa shape index (κ3) is 5.78. The van der Waals surface area contributed by atoms with Crippen LogP contribution in [0.2, 0.25) is 4.34 Å². The highest BCUT2D eigenvalue weighted by Gasteiger charge is 2.36. The van der Waals surface area contributed by atoms with Gasteiger partial charge in [0.2, 0.25) is 5.91 Å². The van der Waals surface area contributed by atoms with Crippen LogP contribution in [0, 0.1) is 0 Å². The first-order valence-electron chi connectivity index (χ1n) is 11.2. The molecule has 8 heteroatoms. The smallest absolute Gasteiger partial charge is 0.262 e. The Labute approximate surface area is 208 Å². The molecule has 1 aliphatic heterocycles. The second-order valence-corrected chi connectivity index (χ2v) is 10.7. The summed E-state index contributed by atoms with van der Waals surface area (Å²) in [5.41, 5.74) is 2.82. The molecule has 178 valence electrons. The fourth-order valence-corrected chi connectivity index (χ4v) is 5.07. The molecule has 0 fully saturated rings. The van der Waals surface area contributed by atoms with E-state index in [1.807, 2.05) is 12.1 Å². The summed E-state index contributed by atoms with van der Waals surface area (Å²) in [6, 6.07) is 16.0. The van der Waals surface area contributed by atoms with Crippen molar-refractivity contribution in [3.8, 4) is 5.75 Å². The van der Waals surface area contributed by atoms with Gasteiger partial charge in [0.05, 0.1) is 9.21 Å². The number of rotatable bonds is 6. The molecule has 2 amide bonds. The fraction of sp³-hybridized carbons (Fsp3) is 0.308. The Morgan fingerprint density at radius 3 is 2.44 bits per heavy atom. The number of thiophene rings is 1. The van der Waals surface area contributed by atoms with Gasteiger partial charge in [0.25, 0.3) is 5.91 Å². The summed E-state index contributed by atoms with van der Waals surface area (Å²) in [6.45, 7) is 3.70. The Morgan fingerprint density at radius 2 is 1.76 bits per heavy atom. The summed E-state index contributed by atoms with van der Waals surface area (Å²) >= 11 is 7.16. The van der Waals surface area contributed by atoms with Gasteiger partial charge in [-0.25, -0.2) is 0 Å². The van der Waals surface area contributed by atoms with Crippen LogP contribution in [0.3, 0.4) is 0 Å². The molecule has 0 spiro atoms. The zero-order valence-corrected chi connectivity index (χ0v) is 20.8. The van der Waals surface area contributed by atoms with E-state index in [0.717, 1.165) is 42.8 Å². The number of fused-ring (bicyclic) bond motifs is 1. The standard InChI is InChI=1S/C26H28ClN3O3S/c1-26(16-17-3-7-21(31)8-4-17,29-24(32)22-9-10-23(27)34-22)25(33)28-20-6-5-18-11-13-30(2)14-12-19(18)15-20/h3-10,15,31H,11-14,16H2,1-2H3,(H,28,33)(H,29,32). The average Bonchev–Trinajstić information content (AvgIpc) is 3.16. The number of aromatic hydroxyl groups is 1. The molecule has 0 aliphatic carbocycles. The fourth-order valence-electron chi connectivity index (χ4n) is 4.14. The van der Waals surface area contributed by atoms with Crippen molar-refractivity contribution in [2.75, 3.05) is 25.5 Å². The van der Waals surface area contributed by atoms with E-state index in [1.54, 1.807) is 43.3 Å². The van der Waals surface area contributed by atoms with Gasteiger partial charge in [-0.2, -0.15) is 0 Å². The first kappa shape index (κ1) is 24.3. The van der Waals surface area contributed by atoms with Gasteiger partial charge >= 0.3 is 0 Å². The zero-order chi connectivity index (χ0) is 24.3. The normalized spacial score (nSPS) is 15.6. The van der Waals surface area contributed by atoms with Crippen LogP contribution in [0.1, 0.15) is 33.3 Å². The highest BCUT2D eigenvalue weighted by Crippen LogP contribution is 2.25. The van der Waals surface area contributed by atoms with Gasteiger partial charge in [-0.15, -0.1) is 11.3 Å². The molecule has 1 unspecified atom stereocenters. The van der Waals surface area contributed by atoms with E-state index in [2.05, 4.69) is 28.6 Å². The third-order valence-corrected chi connectivity index (χ3v) is 7.40. The Bertz CT molecular complexity index is 1190. The minimum Gasteiger partial charge on any atom is -0.508 e. The van der Waals surface area contributed by atoms with Gasteiger partial charge in [0.1, 0.15) is 11.3 Å². The van der Waals surface area contributed by atoms with E-state index in [1.165, 1.54) is 11.1 Å². The van der Waals surface area contributed by atoms with Gasteiger partial charge in [-0.05, 0) is 79.9 Å². The Morgan fingerprint density at radius 1 is 1.06 bits per heavy atom. The van der Waals surface area contributed by atoms with Crippen molar-refractivity contribution in [1.29, 1.82) is 0 Å².